The van der Waals surface area contributed by atoms with E-state index in [4.69, 9.17) is 24.2 Å². The summed E-state index contributed by atoms with van der Waals surface area (Å²) in [6.07, 6.45) is 2.27. The van der Waals surface area contributed by atoms with Crippen molar-refractivity contribution in [1.29, 1.82) is 0 Å². The number of carbonyl (C=O) groups is 3. The van der Waals surface area contributed by atoms with Crippen LogP contribution in [0.2, 0.25) is 0 Å². The van der Waals surface area contributed by atoms with E-state index < -0.39 is 51.4 Å². The minimum absolute atomic E-state index is 0.0448. The highest BCUT2D eigenvalue weighted by molar-refractivity contribution is 7.86. The molecule has 5 heterocycles. The number of hydrogen-bond acceptors (Lipinski definition) is 12. The average molecular weight is 913 g/mol. The van der Waals surface area contributed by atoms with Crippen molar-refractivity contribution >= 4 is 50.2 Å². The zero-order valence-corrected chi connectivity index (χ0v) is 39.3. The predicted octanol–water partition coefficient (Wildman–Crippen LogP) is 5.63. The smallest absolute Gasteiger partial charge is 0.305 e. The number of ether oxygens (including phenoxy) is 3. The van der Waals surface area contributed by atoms with Crippen molar-refractivity contribution in [2.45, 2.75) is 104 Å². The third-order valence-electron chi connectivity index (χ3n) is 11.9. The van der Waals surface area contributed by atoms with E-state index in [1.165, 1.54) is 35.4 Å². The summed E-state index contributed by atoms with van der Waals surface area (Å²) in [5.74, 6) is -2.43. The van der Waals surface area contributed by atoms with E-state index in [1.807, 2.05) is 24.4 Å². The third-order valence-corrected chi connectivity index (χ3v) is 14.7. The summed E-state index contributed by atoms with van der Waals surface area (Å²) in [6.45, 7) is 12.6. The van der Waals surface area contributed by atoms with Gasteiger partial charge in [-0.2, -0.15) is 17.0 Å². The van der Waals surface area contributed by atoms with Gasteiger partial charge in [0.2, 0.25) is 5.91 Å². The van der Waals surface area contributed by atoms with Gasteiger partial charge in [-0.3, -0.25) is 19.4 Å². The number of methoxy groups -OCH3 is 2. The molecule has 2 N–H and O–H groups in total. The van der Waals surface area contributed by atoms with Crippen molar-refractivity contribution < 1.29 is 41.5 Å². The number of hydrogen-bond donors (Lipinski definition) is 2. The molecule has 2 amide bonds. The Balaban J connectivity index is 1.42. The first kappa shape index (κ1) is 48.1. The Morgan fingerprint density at radius 3 is 2.56 bits per heavy atom. The summed E-state index contributed by atoms with van der Waals surface area (Å²) < 4.78 is 63.1. The first-order chi connectivity index (χ1) is 29.9. The number of pyridine rings is 1. The van der Waals surface area contributed by atoms with E-state index >= 15 is 0 Å². The SMILES string of the molecule is CCn1c(-c2cccnc2[C@H](C)OC)c2c3cc(ccc31)-c1csc(n1)C[C@H](NC(=O)C(C(C)C)N(C)S(=O)(=O)N1CC(OC)C1)C(=O)N(NF)CCCCC(=O)OCC(C)(C)C2. The number of cyclic esters (lactones) is 1. The number of rotatable bonds is 12. The molecule has 4 aromatic rings. The van der Waals surface area contributed by atoms with Gasteiger partial charge in [0.05, 0.1) is 40.9 Å². The van der Waals surface area contributed by atoms with Crippen molar-refractivity contribution in [3.05, 3.63) is 58.2 Å². The maximum absolute atomic E-state index is 14.5. The monoisotopic (exact) mass is 912 g/mol. The Morgan fingerprint density at radius 1 is 1.14 bits per heavy atom. The number of aryl methyl sites for hydroxylation is 1. The number of amides is 2. The Hall–Kier alpha value is -4.37. The molecule has 0 saturated carbocycles. The van der Waals surface area contributed by atoms with Gasteiger partial charge in [0, 0.05) is 99.3 Å². The largest absolute Gasteiger partial charge is 0.465 e. The number of nitrogens with one attached hydrogen (secondary N) is 2. The Morgan fingerprint density at radius 2 is 1.89 bits per heavy atom. The second-order valence-electron chi connectivity index (χ2n) is 17.4. The molecule has 3 aromatic heterocycles. The lowest BCUT2D eigenvalue weighted by Crippen LogP contribution is -2.62. The van der Waals surface area contributed by atoms with Crippen molar-refractivity contribution in [2.75, 3.05) is 47.5 Å². The number of likely N-dealkylation sites (N-methyl/N-ethyl adjacent to an activating group) is 1. The number of benzene rings is 1. The van der Waals surface area contributed by atoms with Gasteiger partial charge >= 0.3 is 5.97 Å². The van der Waals surface area contributed by atoms with E-state index in [0.717, 1.165) is 48.3 Å². The summed E-state index contributed by atoms with van der Waals surface area (Å²) in [5.41, 5.74) is 7.23. The first-order valence-electron chi connectivity index (χ1n) is 21.4. The molecule has 19 heteroatoms. The van der Waals surface area contributed by atoms with Crippen LogP contribution in [-0.4, -0.2) is 120 Å². The molecular formula is C44H61FN8O8S2. The molecule has 16 nitrogen and oxygen atoms in total. The van der Waals surface area contributed by atoms with Crippen LogP contribution in [0.15, 0.2) is 41.9 Å². The highest BCUT2D eigenvalue weighted by Gasteiger charge is 2.44. The fourth-order valence-corrected chi connectivity index (χ4v) is 10.9. The van der Waals surface area contributed by atoms with Gasteiger partial charge in [-0.15, -0.1) is 15.8 Å². The second-order valence-corrected chi connectivity index (χ2v) is 20.4. The topological polar surface area (TPSA) is 178 Å². The molecule has 1 aromatic carbocycles. The zero-order chi connectivity index (χ0) is 45.8. The van der Waals surface area contributed by atoms with Gasteiger partial charge in [-0.25, -0.2) is 9.99 Å². The number of fused-ring (bicyclic) bond motifs is 4. The van der Waals surface area contributed by atoms with Crippen LogP contribution in [0.4, 0.5) is 4.48 Å². The lowest BCUT2D eigenvalue weighted by Gasteiger charge is -2.41. The van der Waals surface area contributed by atoms with Crippen molar-refractivity contribution in [3.8, 4) is 22.5 Å². The quantitative estimate of drug-likeness (QED) is 0.133. The van der Waals surface area contributed by atoms with Crippen molar-refractivity contribution in [3.63, 3.8) is 0 Å². The third kappa shape index (κ3) is 10.5. The number of aromatic nitrogens is 3. The number of carbonyl (C=O) groups excluding carboxylic acids is 3. The normalized spacial score (nSPS) is 19.6. The maximum Gasteiger partial charge on any atom is 0.305 e. The number of nitrogens with zero attached hydrogens (tertiary/aromatic N) is 6. The molecule has 3 atom stereocenters. The predicted molar refractivity (Wildman–Crippen MR) is 239 cm³/mol. The molecule has 1 fully saturated rings. The van der Waals surface area contributed by atoms with Crippen LogP contribution in [-0.2, 0) is 58.2 Å². The summed E-state index contributed by atoms with van der Waals surface area (Å²) >= 11 is 1.30. The van der Waals surface area contributed by atoms with Gasteiger partial charge in [0.15, 0.2) is 0 Å². The minimum atomic E-state index is -4.07. The zero-order valence-electron chi connectivity index (χ0n) is 37.6. The van der Waals surface area contributed by atoms with E-state index in [1.54, 1.807) is 27.2 Å². The first-order valence-corrected chi connectivity index (χ1v) is 23.7. The van der Waals surface area contributed by atoms with E-state index in [-0.39, 0.29) is 57.7 Å². The van der Waals surface area contributed by atoms with Gasteiger partial charge in [0.1, 0.15) is 12.1 Å². The summed E-state index contributed by atoms with van der Waals surface area (Å²) in [4.78, 5) is 51.2. The standard InChI is InChI=1S/C44H61FN8O8S2/c1-10-52-36-17-16-29-20-32(36)33(41(52)31-14-13-18-46-39(31)28(4)59-8)22-44(5,6)26-61-38(54)15-11-12-19-53(49-45)43(56)34(21-37-47-35(29)25-62-37)48-42(55)40(27(2)3)50(7)63(57,58)51-23-30(24-51)60-9/h13-14,16-18,20,25,27-28,30,34,40,49H,10-12,15,19,21-24,26H2,1-9H3,(H,48,55)/t28-,34-,40?/m0/s1. The van der Waals surface area contributed by atoms with E-state index in [0.29, 0.717) is 30.1 Å². The molecule has 6 rings (SSSR count). The van der Waals surface area contributed by atoms with Crippen LogP contribution in [0, 0.1) is 11.3 Å². The molecular weight excluding hydrogens is 852 g/mol. The fraction of sp³-hybridized carbons (Fsp3) is 0.568. The fourth-order valence-electron chi connectivity index (χ4n) is 8.37. The Kier molecular flexibility index (Phi) is 15.4. The molecule has 2 aliphatic heterocycles. The molecule has 0 radical (unpaired) electrons. The highest BCUT2D eigenvalue weighted by atomic mass is 32.2. The second kappa shape index (κ2) is 20.2. The molecule has 1 unspecified atom stereocenters. The van der Waals surface area contributed by atoms with Crippen molar-refractivity contribution in [2.24, 2.45) is 11.3 Å². The summed E-state index contributed by atoms with van der Waals surface area (Å²) in [7, 11) is 0.430. The van der Waals surface area contributed by atoms with Gasteiger partial charge < -0.3 is 24.1 Å². The molecule has 63 heavy (non-hydrogen) atoms. The van der Waals surface area contributed by atoms with Crippen LogP contribution in [0.3, 0.4) is 0 Å². The Bertz CT molecular complexity index is 2380. The molecule has 1 saturated heterocycles. The summed E-state index contributed by atoms with van der Waals surface area (Å²) in [5, 5.41) is 6.89. The van der Waals surface area contributed by atoms with Crippen molar-refractivity contribution in [1.82, 2.24) is 39.1 Å². The molecule has 0 aliphatic carbocycles. The van der Waals surface area contributed by atoms with Gasteiger partial charge in [0.25, 0.3) is 16.1 Å². The highest BCUT2D eigenvalue weighted by Crippen LogP contribution is 2.42. The lowest BCUT2D eigenvalue weighted by molar-refractivity contribution is -0.147. The molecule has 0 spiro atoms. The number of thiazole rings is 1. The van der Waals surface area contributed by atoms with Gasteiger partial charge in [-0.05, 0) is 68.9 Å². The molecule has 4 bridgehead atoms. The van der Waals surface area contributed by atoms with Crippen LogP contribution in [0.1, 0.15) is 83.2 Å². The van der Waals surface area contributed by atoms with Crippen LogP contribution >= 0.6 is 11.3 Å². The summed E-state index contributed by atoms with van der Waals surface area (Å²) in [6, 6.07) is 7.61. The maximum atomic E-state index is 14.5. The number of halogens is 1. The molecule has 2 aliphatic rings. The molecule has 344 valence electrons. The Labute approximate surface area is 373 Å². The van der Waals surface area contributed by atoms with Crippen LogP contribution < -0.4 is 11.0 Å². The lowest BCUT2D eigenvalue weighted by atomic mass is 9.84. The van der Waals surface area contributed by atoms with E-state index in [2.05, 4.69) is 48.9 Å². The number of esters is 1. The van der Waals surface area contributed by atoms with E-state index in [9.17, 15) is 27.3 Å². The minimum Gasteiger partial charge on any atom is -0.465 e. The number of hydrazine groups is 1. The van der Waals surface area contributed by atoms with Crippen LogP contribution in [0.25, 0.3) is 33.4 Å². The average Bonchev–Trinajstić information content (AvgIpc) is 3.82. The van der Waals surface area contributed by atoms with Crippen LogP contribution in [0.5, 0.6) is 0 Å². The van der Waals surface area contributed by atoms with Gasteiger partial charge in [-0.1, -0.05) is 39.4 Å².